The Labute approximate surface area is 66.9 Å². The molecule has 1 heterocycles. The second kappa shape index (κ2) is 4.49. The third-order valence-electron chi connectivity index (χ3n) is 1.57. The lowest BCUT2D eigenvalue weighted by Gasteiger charge is -2.08. The van der Waals surface area contributed by atoms with Crippen LogP contribution >= 0.6 is 0 Å². The molecule has 0 unspecified atom stereocenters. The lowest BCUT2D eigenvalue weighted by Crippen LogP contribution is -2.09. The molecule has 0 aromatic carbocycles. The molecule has 0 N–H and O–H groups in total. The van der Waals surface area contributed by atoms with E-state index in [-0.39, 0.29) is 6.29 Å². The van der Waals surface area contributed by atoms with Gasteiger partial charge in [0, 0.05) is 7.11 Å². The van der Waals surface area contributed by atoms with Crippen LogP contribution in [0.4, 0.5) is 0 Å². The summed E-state index contributed by atoms with van der Waals surface area (Å²) in [7, 11) is 1.67. The molecule has 0 aromatic heterocycles. The third kappa shape index (κ3) is 2.61. The van der Waals surface area contributed by atoms with Crippen LogP contribution in [-0.4, -0.2) is 33.2 Å². The van der Waals surface area contributed by atoms with Gasteiger partial charge in [-0.05, 0) is 12.5 Å². The molecule has 1 fully saturated rings. The molecule has 3 nitrogen and oxygen atoms in total. The van der Waals surface area contributed by atoms with Crippen molar-refractivity contribution in [1.29, 1.82) is 0 Å². The quantitative estimate of drug-likeness (QED) is 0.572. The SMILES string of the molecule is COC/C=C(\C)C1OCCO1. The molecule has 0 radical (unpaired) electrons. The zero-order chi connectivity index (χ0) is 8.10. The largest absolute Gasteiger partial charge is 0.381 e. The standard InChI is InChI=1S/C8H14O3/c1-7(3-4-9-2)8-10-5-6-11-8/h3,8H,4-6H2,1-2H3/b7-3+. The van der Waals surface area contributed by atoms with Crippen molar-refractivity contribution in [3.63, 3.8) is 0 Å². The highest BCUT2D eigenvalue weighted by molar-refractivity contribution is 5.02. The maximum atomic E-state index is 5.27. The molecular formula is C8H14O3. The van der Waals surface area contributed by atoms with Crippen molar-refractivity contribution in [2.75, 3.05) is 26.9 Å². The van der Waals surface area contributed by atoms with Gasteiger partial charge in [0.15, 0.2) is 6.29 Å². The molecular weight excluding hydrogens is 144 g/mol. The zero-order valence-corrected chi connectivity index (χ0v) is 7.00. The van der Waals surface area contributed by atoms with Crippen molar-refractivity contribution in [1.82, 2.24) is 0 Å². The Morgan fingerprint density at radius 2 is 2.18 bits per heavy atom. The highest BCUT2D eigenvalue weighted by atomic mass is 16.7. The monoisotopic (exact) mass is 158 g/mol. The lowest BCUT2D eigenvalue weighted by molar-refractivity contribution is -0.0115. The fourth-order valence-corrected chi connectivity index (χ4v) is 0.932. The fraction of sp³-hybridized carbons (Fsp3) is 0.750. The van der Waals surface area contributed by atoms with Crippen molar-refractivity contribution < 1.29 is 14.2 Å². The number of hydrogen-bond acceptors (Lipinski definition) is 3. The van der Waals surface area contributed by atoms with Crippen LogP contribution in [0, 0.1) is 0 Å². The van der Waals surface area contributed by atoms with Crippen LogP contribution in [-0.2, 0) is 14.2 Å². The fourth-order valence-electron chi connectivity index (χ4n) is 0.932. The summed E-state index contributed by atoms with van der Waals surface area (Å²) in [5, 5.41) is 0. The van der Waals surface area contributed by atoms with Crippen LogP contribution in [0.5, 0.6) is 0 Å². The summed E-state index contributed by atoms with van der Waals surface area (Å²) in [5.74, 6) is 0. The molecule has 0 amide bonds. The zero-order valence-electron chi connectivity index (χ0n) is 7.00. The molecule has 0 aromatic rings. The van der Waals surface area contributed by atoms with Gasteiger partial charge >= 0.3 is 0 Å². The van der Waals surface area contributed by atoms with Crippen molar-refractivity contribution in [2.24, 2.45) is 0 Å². The van der Waals surface area contributed by atoms with Gasteiger partial charge in [0.25, 0.3) is 0 Å². The lowest BCUT2D eigenvalue weighted by atomic mass is 10.3. The van der Waals surface area contributed by atoms with Gasteiger partial charge in [0.2, 0.25) is 0 Å². The molecule has 0 spiro atoms. The smallest absolute Gasteiger partial charge is 0.179 e. The van der Waals surface area contributed by atoms with Crippen LogP contribution in [0.1, 0.15) is 6.92 Å². The van der Waals surface area contributed by atoms with Crippen LogP contribution in [0.15, 0.2) is 11.6 Å². The predicted molar refractivity (Wildman–Crippen MR) is 41.3 cm³/mol. The third-order valence-corrected chi connectivity index (χ3v) is 1.57. The predicted octanol–water partition coefficient (Wildman–Crippen LogP) is 0.952. The van der Waals surface area contributed by atoms with E-state index in [1.165, 1.54) is 0 Å². The first-order chi connectivity index (χ1) is 5.34. The van der Waals surface area contributed by atoms with Gasteiger partial charge in [-0.2, -0.15) is 0 Å². The van der Waals surface area contributed by atoms with Gasteiger partial charge in [-0.3, -0.25) is 0 Å². The van der Waals surface area contributed by atoms with Crippen molar-refractivity contribution in [2.45, 2.75) is 13.2 Å². The Kier molecular flexibility index (Phi) is 3.56. The summed E-state index contributed by atoms with van der Waals surface area (Å²) in [6.45, 7) is 4.00. The van der Waals surface area contributed by atoms with Crippen molar-refractivity contribution in [3.8, 4) is 0 Å². The Morgan fingerprint density at radius 3 is 2.73 bits per heavy atom. The Bertz CT molecular complexity index is 136. The van der Waals surface area contributed by atoms with Gasteiger partial charge < -0.3 is 14.2 Å². The minimum Gasteiger partial charge on any atom is -0.381 e. The molecule has 11 heavy (non-hydrogen) atoms. The maximum Gasteiger partial charge on any atom is 0.179 e. The minimum atomic E-state index is -0.134. The summed E-state index contributed by atoms with van der Waals surface area (Å²) in [4.78, 5) is 0. The maximum absolute atomic E-state index is 5.27. The summed E-state index contributed by atoms with van der Waals surface area (Å²) >= 11 is 0. The highest BCUT2D eigenvalue weighted by Gasteiger charge is 2.16. The molecule has 1 rings (SSSR count). The molecule has 1 saturated heterocycles. The van der Waals surface area contributed by atoms with Gasteiger partial charge in [-0.1, -0.05) is 6.08 Å². The van der Waals surface area contributed by atoms with Gasteiger partial charge in [-0.15, -0.1) is 0 Å². The number of methoxy groups -OCH3 is 1. The first-order valence-corrected chi connectivity index (χ1v) is 3.73. The minimum absolute atomic E-state index is 0.134. The van der Waals surface area contributed by atoms with Gasteiger partial charge in [0.05, 0.1) is 19.8 Å². The van der Waals surface area contributed by atoms with E-state index in [0.29, 0.717) is 19.8 Å². The second-order valence-electron chi connectivity index (χ2n) is 2.48. The van der Waals surface area contributed by atoms with E-state index < -0.39 is 0 Å². The van der Waals surface area contributed by atoms with Crippen LogP contribution in [0.3, 0.4) is 0 Å². The van der Waals surface area contributed by atoms with Crippen LogP contribution in [0.2, 0.25) is 0 Å². The van der Waals surface area contributed by atoms with Crippen LogP contribution < -0.4 is 0 Å². The van der Waals surface area contributed by atoms with E-state index in [0.717, 1.165) is 5.57 Å². The normalized spacial score (nSPS) is 21.1. The molecule has 0 saturated carbocycles. The Morgan fingerprint density at radius 1 is 1.55 bits per heavy atom. The molecule has 1 aliphatic rings. The van der Waals surface area contributed by atoms with E-state index in [2.05, 4.69) is 0 Å². The topological polar surface area (TPSA) is 27.7 Å². The van der Waals surface area contributed by atoms with Crippen molar-refractivity contribution in [3.05, 3.63) is 11.6 Å². The van der Waals surface area contributed by atoms with Gasteiger partial charge in [0.1, 0.15) is 0 Å². The molecule has 0 atom stereocenters. The number of ether oxygens (including phenoxy) is 3. The van der Waals surface area contributed by atoms with E-state index in [9.17, 15) is 0 Å². The van der Waals surface area contributed by atoms with Gasteiger partial charge in [-0.25, -0.2) is 0 Å². The second-order valence-corrected chi connectivity index (χ2v) is 2.48. The summed E-state index contributed by atoms with van der Waals surface area (Å²) in [5.41, 5.74) is 1.09. The molecule has 1 aliphatic heterocycles. The molecule has 64 valence electrons. The van der Waals surface area contributed by atoms with E-state index in [4.69, 9.17) is 14.2 Å². The van der Waals surface area contributed by atoms with E-state index in [1.54, 1.807) is 7.11 Å². The Balaban J connectivity index is 2.32. The molecule has 0 aliphatic carbocycles. The van der Waals surface area contributed by atoms with E-state index >= 15 is 0 Å². The summed E-state index contributed by atoms with van der Waals surface area (Å²) < 4.78 is 15.4. The Hall–Kier alpha value is -0.380. The first kappa shape index (κ1) is 8.71. The number of rotatable bonds is 3. The average Bonchev–Trinajstić information content (AvgIpc) is 2.52. The van der Waals surface area contributed by atoms with Crippen molar-refractivity contribution >= 4 is 0 Å². The molecule has 3 heteroatoms. The first-order valence-electron chi connectivity index (χ1n) is 3.73. The summed E-state index contributed by atoms with van der Waals surface area (Å²) in [6, 6.07) is 0. The number of hydrogen-bond donors (Lipinski definition) is 0. The molecule has 0 bridgehead atoms. The average molecular weight is 158 g/mol. The van der Waals surface area contributed by atoms with E-state index in [1.807, 2.05) is 13.0 Å². The van der Waals surface area contributed by atoms with Crippen LogP contribution in [0.25, 0.3) is 0 Å². The summed E-state index contributed by atoms with van der Waals surface area (Å²) in [6.07, 6.45) is 1.83. The highest BCUT2D eigenvalue weighted by Crippen LogP contribution is 2.12.